The Balaban J connectivity index is 0.000000113. The van der Waals surface area contributed by atoms with Crippen LogP contribution in [0.5, 0.6) is 0 Å². The Bertz CT molecular complexity index is 9410. The van der Waals surface area contributed by atoms with Crippen molar-refractivity contribution < 1.29 is 9.18 Å². The highest BCUT2D eigenvalue weighted by Gasteiger charge is 2.29. The third-order valence-electron chi connectivity index (χ3n) is 25.0. The molecule has 0 fully saturated rings. The zero-order chi connectivity index (χ0) is 104. The van der Waals surface area contributed by atoms with Crippen molar-refractivity contribution in [3.8, 4) is 34.1 Å². The third kappa shape index (κ3) is 20.3. The fourth-order valence-electron chi connectivity index (χ4n) is 17.8. The molecule has 0 aliphatic heterocycles. The normalized spacial score (nSPS) is 12.3. The molecule has 15 heterocycles. The predicted molar refractivity (Wildman–Crippen MR) is 580 cm³/mol. The minimum absolute atomic E-state index is 0.0301. The number of imidazole rings is 4. The number of benzene rings is 9. The molecular formula is C111H92Cl2FN31O5. The Kier molecular flexibility index (Phi) is 28.3. The van der Waals surface area contributed by atoms with E-state index in [0.717, 1.165) is 66.9 Å². The Morgan fingerprint density at radius 3 is 1.49 bits per heavy atom. The van der Waals surface area contributed by atoms with Crippen LogP contribution >= 0.6 is 23.2 Å². The van der Waals surface area contributed by atoms with Crippen LogP contribution in [0.25, 0.3) is 133 Å². The zero-order valence-corrected chi connectivity index (χ0v) is 83.1. The highest BCUT2D eigenvalue weighted by atomic mass is 35.5. The fourth-order valence-corrected chi connectivity index (χ4v) is 18.3. The maximum absolute atomic E-state index is 14.6. The van der Waals surface area contributed by atoms with Crippen LogP contribution in [-0.4, -0.2) is 134 Å². The molecule has 39 heteroatoms. The summed E-state index contributed by atoms with van der Waals surface area (Å²) in [7, 11) is 0. The number of rotatable bonds is 21. The van der Waals surface area contributed by atoms with Gasteiger partial charge in [0.15, 0.2) is 40.2 Å². The number of aromatic nitrogens is 26. The molecule has 0 radical (unpaired) electrons. The lowest BCUT2D eigenvalue weighted by Crippen LogP contribution is -2.34. The molecule has 24 aromatic rings. The maximum atomic E-state index is 14.6. The van der Waals surface area contributed by atoms with E-state index in [0.29, 0.717) is 140 Å². The van der Waals surface area contributed by atoms with Gasteiger partial charge in [0.05, 0.1) is 143 Å². The molecule has 36 nitrogen and oxygen atoms in total. The maximum Gasteiger partial charge on any atom is 0.272 e. The fraction of sp³-hybridized carbons (Fsp3) is 0.126. The van der Waals surface area contributed by atoms with Crippen molar-refractivity contribution in [2.45, 2.75) is 92.0 Å². The van der Waals surface area contributed by atoms with Gasteiger partial charge < -0.3 is 46.5 Å². The Hall–Kier alpha value is -19.3. The van der Waals surface area contributed by atoms with E-state index < -0.39 is 23.3 Å². The summed E-state index contributed by atoms with van der Waals surface area (Å²) < 4.78 is 20.8. The molecule has 9 aromatic carbocycles. The Morgan fingerprint density at radius 2 is 0.887 bits per heavy atom. The highest BCUT2D eigenvalue weighted by molar-refractivity contribution is 6.35. The van der Waals surface area contributed by atoms with Crippen molar-refractivity contribution in [3.63, 3.8) is 0 Å². The van der Waals surface area contributed by atoms with E-state index in [1.54, 1.807) is 121 Å². The van der Waals surface area contributed by atoms with Gasteiger partial charge in [-0.15, -0.1) is 0 Å². The molecule has 0 unspecified atom stereocenters. The second-order valence-corrected chi connectivity index (χ2v) is 35.8. The first-order chi connectivity index (χ1) is 73.1. The van der Waals surface area contributed by atoms with Gasteiger partial charge in [-0.25, -0.2) is 84.1 Å². The first-order valence-electron chi connectivity index (χ1n) is 47.8. The summed E-state index contributed by atoms with van der Waals surface area (Å²) in [6.07, 6.45) is 17.9. The summed E-state index contributed by atoms with van der Waals surface area (Å²) in [4.78, 5) is 158. The number of halogens is 3. The van der Waals surface area contributed by atoms with E-state index in [-0.39, 0.29) is 51.9 Å². The van der Waals surface area contributed by atoms with Crippen molar-refractivity contribution >= 4 is 151 Å². The van der Waals surface area contributed by atoms with Gasteiger partial charge in [0.25, 0.3) is 28.1 Å². The monoisotopic (exact) mass is 2030 g/mol. The largest absolute Gasteiger partial charge is 0.362 e. The van der Waals surface area contributed by atoms with E-state index in [1.807, 2.05) is 185 Å². The zero-order valence-electron chi connectivity index (χ0n) is 81.6. The lowest BCUT2D eigenvalue weighted by atomic mass is 10.0. The smallest absolute Gasteiger partial charge is 0.272 e. The summed E-state index contributed by atoms with van der Waals surface area (Å²) in [5.41, 5.74) is 16.1. The topological polar surface area (TPSA) is 460 Å². The number of pyridine rings is 4. The number of amides is 1. The Morgan fingerprint density at radius 1 is 0.380 bits per heavy atom. The average molecular weight is 2030 g/mol. The SMILES string of the molecule is CC[C@H](Nc1nccc2[nH]cnc12)c1nc2cccc(F)c2c(=O)n1-c1ccccc1.C[C@H](Nc1ncnc2nc[nH]c12)c1cc2cccc(Cl)c2c(=O)n1-c1ccccc1.Cc1ccc2cc([C@H](C)Nc3ncnc4nc[nH]c34)c(-c3ccccn3)nc2c1.Cc1ccc2nc([C@H](C)Nc3ncnc4nc[nH]c34)n(-c3ccccc3)c(=O)c2c1.Cc1nccnc1C(=O)N[C@@H](C)c1nc2cccc(Cl)c2c(=O)n1-c1ccccc1. The number of aromatic amines is 4. The number of aryl methyl sites for hydroxylation is 3. The number of carbonyl (C=O) groups is 1. The molecule has 0 bridgehead atoms. The molecule has 5 atom stereocenters. The number of nitrogens with one attached hydrogen (secondary N) is 9. The molecule has 0 saturated carbocycles. The number of hydrogen-bond acceptors (Lipinski definition) is 27. The molecule has 24 rings (SSSR count). The summed E-state index contributed by atoms with van der Waals surface area (Å²) >= 11 is 12.7. The molecule has 15 aromatic heterocycles. The molecule has 9 N–H and O–H groups in total. The lowest BCUT2D eigenvalue weighted by Gasteiger charge is -2.22. The molecular weight excluding hydrogens is 1940 g/mol. The van der Waals surface area contributed by atoms with E-state index in [2.05, 4.69) is 159 Å². The van der Waals surface area contributed by atoms with Crippen LogP contribution in [0.3, 0.4) is 0 Å². The van der Waals surface area contributed by atoms with E-state index in [9.17, 15) is 28.4 Å². The van der Waals surface area contributed by atoms with E-state index >= 15 is 0 Å². The standard InChI is InChI=1S/C23H19FN6O.C22H17ClN6O.C22H18ClN5O2.C22H19N7O.C22H19N7/c1-2-16(28-21-20-18(11-12-25-21)26-13-27-20)22-29-17-10-6-9-15(24)19(17)23(31)30(22)14-7-4-3-5-8-14;1-13(28-21-19-20(25-11-24-19)26-12-27-21)17-10-14-6-5-9-16(23)18(14)22(30)29(17)15-7-3-2-4-8-15;1-13-19(25-12-11-24-13)21(29)26-14(2)20-27-17-10-6-9-16(23)18(17)22(30)28(20)15-7-4-3-5-8-15;1-13-8-9-17-16(10-13)22(30)29(15-6-4-3-5-7-15)21(28-17)14(2)27-20-18-19(24-11-23-18)25-12-26-20;1-13-6-7-15-10-16(19(29-18(15)9-13)17-5-3-4-8-23-17)14(2)28-22-20-21(25-11-24-20)26-12-27-22/h3-13,16H,2H2,1H3,(H,25,28)(H,26,27);2-13H,1H3,(H2,24,25,26,27,28);3-12,14H,1-2H3,(H,26,29);3-12,14H,1-2H3,(H2,23,24,25,26,27);3-12,14H,1-2H3,(H2,24,25,26,27,28)/t16-;13-;3*14-/m00000/s1. The van der Waals surface area contributed by atoms with Crippen LogP contribution < -0.4 is 48.8 Å². The van der Waals surface area contributed by atoms with Gasteiger partial charge in [-0.3, -0.25) is 52.2 Å². The lowest BCUT2D eigenvalue weighted by molar-refractivity contribution is 0.0931. The number of H-pyrrole nitrogens is 4. The molecule has 742 valence electrons. The predicted octanol–water partition coefficient (Wildman–Crippen LogP) is 20.4. The molecule has 150 heavy (non-hydrogen) atoms. The Labute approximate surface area is 862 Å². The average Bonchev–Trinajstić information content (AvgIpc) is 0.996. The number of anilines is 4. The molecule has 0 aliphatic rings. The summed E-state index contributed by atoms with van der Waals surface area (Å²) in [5, 5.41) is 20.5. The molecule has 0 saturated heterocycles. The second-order valence-electron chi connectivity index (χ2n) is 35.0. The first kappa shape index (κ1) is 98.1. The van der Waals surface area contributed by atoms with Gasteiger partial charge in [-0.1, -0.05) is 157 Å². The van der Waals surface area contributed by atoms with Gasteiger partial charge in [0.1, 0.15) is 75.4 Å². The summed E-state index contributed by atoms with van der Waals surface area (Å²) in [6.45, 7) is 15.5. The van der Waals surface area contributed by atoms with Crippen LogP contribution in [0.15, 0.2) is 337 Å². The summed E-state index contributed by atoms with van der Waals surface area (Å²) in [5.74, 6) is 2.97. The molecule has 1 amide bonds. The van der Waals surface area contributed by atoms with Crippen molar-refractivity contribution in [1.82, 2.24) is 133 Å². The number of fused-ring (bicyclic) bond motifs is 9. The number of carbonyl (C=O) groups excluding carboxylic acids is 1. The number of hydrogen-bond donors (Lipinski definition) is 9. The number of para-hydroxylation sites is 4. The quantitative estimate of drug-likeness (QED) is 0.0323. The van der Waals surface area contributed by atoms with Gasteiger partial charge >= 0.3 is 0 Å². The van der Waals surface area contributed by atoms with E-state index in [4.69, 9.17) is 38.2 Å². The molecule has 0 spiro atoms. The van der Waals surface area contributed by atoms with Crippen LogP contribution in [0.4, 0.5) is 27.7 Å². The minimum Gasteiger partial charge on any atom is -0.362 e. The van der Waals surface area contributed by atoms with E-state index in [1.165, 1.54) is 52.1 Å². The van der Waals surface area contributed by atoms with Crippen LogP contribution in [-0.2, 0) is 0 Å². The van der Waals surface area contributed by atoms with Gasteiger partial charge in [0.2, 0.25) is 0 Å². The van der Waals surface area contributed by atoms with Crippen LogP contribution in [0.1, 0.15) is 127 Å². The number of nitrogens with zero attached hydrogens (tertiary/aromatic N) is 22. The van der Waals surface area contributed by atoms with Crippen LogP contribution in [0, 0.1) is 26.6 Å². The minimum atomic E-state index is -0.588. The second kappa shape index (κ2) is 43.3. The first-order valence-corrected chi connectivity index (χ1v) is 48.5. The van der Waals surface area contributed by atoms with Crippen LogP contribution in [0.2, 0.25) is 10.0 Å². The van der Waals surface area contributed by atoms with Gasteiger partial charge in [-0.2, -0.15) is 0 Å². The van der Waals surface area contributed by atoms with Crippen molar-refractivity contribution in [3.05, 3.63) is 426 Å². The third-order valence-corrected chi connectivity index (χ3v) is 25.6. The van der Waals surface area contributed by atoms with Gasteiger partial charge in [0, 0.05) is 47.1 Å². The van der Waals surface area contributed by atoms with Crippen molar-refractivity contribution in [2.24, 2.45) is 0 Å². The van der Waals surface area contributed by atoms with Gasteiger partial charge in [-0.05, 0) is 193 Å². The van der Waals surface area contributed by atoms with Crippen molar-refractivity contribution in [2.75, 3.05) is 21.3 Å². The van der Waals surface area contributed by atoms with Crippen molar-refractivity contribution in [1.29, 1.82) is 0 Å². The molecule has 0 aliphatic carbocycles. The highest BCUT2D eigenvalue weighted by Crippen LogP contribution is 2.36. The summed E-state index contributed by atoms with van der Waals surface area (Å²) in [6, 6.07) is 74.7.